The summed E-state index contributed by atoms with van der Waals surface area (Å²) in [6, 6.07) is 17.8. The van der Waals surface area contributed by atoms with Crippen LogP contribution in [-0.4, -0.2) is 43.1 Å². The molecule has 9 heteroatoms. The van der Waals surface area contributed by atoms with E-state index in [9.17, 15) is 19.2 Å². The molecular formula is C28H37N3O6. The number of hydrogen-bond acceptors (Lipinski definition) is 6. The average molecular weight is 512 g/mol. The van der Waals surface area contributed by atoms with Crippen molar-refractivity contribution in [1.82, 2.24) is 16.0 Å². The molecule has 0 saturated carbocycles. The molecule has 0 aliphatic rings. The summed E-state index contributed by atoms with van der Waals surface area (Å²) in [7, 11) is 0. The van der Waals surface area contributed by atoms with Crippen LogP contribution in [0, 0.1) is 0 Å². The summed E-state index contributed by atoms with van der Waals surface area (Å²) < 4.78 is 10.1. The third-order valence-electron chi connectivity index (χ3n) is 5.58. The lowest BCUT2D eigenvalue weighted by Gasteiger charge is -2.21. The monoisotopic (exact) mass is 511 g/mol. The Morgan fingerprint density at radius 2 is 1.51 bits per heavy atom. The van der Waals surface area contributed by atoms with Crippen molar-refractivity contribution < 1.29 is 28.7 Å². The molecule has 2 atom stereocenters. The van der Waals surface area contributed by atoms with Gasteiger partial charge in [-0.3, -0.25) is 14.4 Å². The molecule has 37 heavy (non-hydrogen) atoms. The van der Waals surface area contributed by atoms with Crippen LogP contribution in [0.15, 0.2) is 60.7 Å². The summed E-state index contributed by atoms with van der Waals surface area (Å²) in [5, 5.41) is 8.38. The third kappa shape index (κ3) is 12.1. The van der Waals surface area contributed by atoms with Crippen LogP contribution in [0.1, 0.15) is 63.1 Å². The van der Waals surface area contributed by atoms with Gasteiger partial charge in [0.15, 0.2) is 0 Å². The number of benzene rings is 2. The fraction of sp³-hybridized carbons (Fsp3) is 0.429. The highest BCUT2D eigenvalue weighted by Gasteiger charge is 2.23. The van der Waals surface area contributed by atoms with Crippen LogP contribution in [0.25, 0.3) is 0 Å². The lowest BCUT2D eigenvalue weighted by atomic mass is 10.1. The zero-order valence-corrected chi connectivity index (χ0v) is 21.5. The first kappa shape index (κ1) is 29.4. The highest BCUT2D eigenvalue weighted by molar-refractivity contribution is 5.86. The van der Waals surface area contributed by atoms with E-state index in [4.69, 9.17) is 9.47 Å². The minimum Gasteiger partial charge on any atom is -0.466 e. The summed E-state index contributed by atoms with van der Waals surface area (Å²) in [6.07, 6.45) is 0.973. The largest absolute Gasteiger partial charge is 0.466 e. The Kier molecular flexibility index (Phi) is 13.3. The van der Waals surface area contributed by atoms with Gasteiger partial charge in [0.1, 0.15) is 12.6 Å². The second-order valence-corrected chi connectivity index (χ2v) is 8.55. The van der Waals surface area contributed by atoms with E-state index in [1.165, 1.54) is 0 Å². The molecule has 3 amide bonds. The van der Waals surface area contributed by atoms with Crippen molar-refractivity contribution >= 4 is 23.9 Å². The number of nitrogens with one attached hydrogen (secondary N) is 3. The molecular weight excluding hydrogens is 474 g/mol. The van der Waals surface area contributed by atoms with E-state index in [1.54, 1.807) is 6.92 Å². The van der Waals surface area contributed by atoms with Gasteiger partial charge in [-0.05, 0) is 44.2 Å². The van der Waals surface area contributed by atoms with Crippen LogP contribution in [-0.2, 0) is 30.5 Å². The predicted octanol–water partition coefficient (Wildman–Crippen LogP) is 3.79. The Balaban J connectivity index is 1.84. The molecule has 0 fully saturated rings. The summed E-state index contributed by atoms with van der Waals surface area (Å²) in [6.45, 7) is 4.37. The van der Waals surface area contributed by atoms with Crippen molar-refractivity contribution in [2.45, 2.75) is 64.6 Å². The van der Waals surface area contributed by atoms with Crippen molar-refractivity contribution in [2.75, 3.05) is 13.2 Å². The lowest BCUT2D eigenvalue weighted by Crippen LogP contribution is -2.47. The molecule has 0 aliphatic heterocycles. The Bertz CT molecular complexity index is 984. The van der Waals surface area contributed by atoms with Crippen LogP contribution < -0.4 is 16.0 Å². The molecule has 0 saturated heterocycles. The fourth-order valence-corrected chi connectivity index (χ4v) is 3.55. The highest BCUT2D eigenvalue weighted by Crippen LogP contribution is 2.12. The van der Waals surface area contributed by atoms with Gasteiger partial charge >= 0.3 is 12.1 Å². The van der Waals surface area contributed by atoms with E-state index < -0.39 is 18.1 Å². The van der Waals surface area contributed by atoms with Crippen LogP contribution in [0.2, 0.25) is 0 Å². The van der Waals surface area contributed by atoms with Crippen molar-refractivity contribution in [3.8, 4) is 0 Å². The van der Waals surface area contributed by atoms with Gasteiger partial charge in [-0.15, -0.1) is 0 Å². The smallest absolute Gasteiger partial charge is 0.408 e. The van der Waals surface area contributed by atoms with E-state index in [2.05, 4.69) is 16.0 Å². The number of esters is 1. The molecule has 2 aromatic rings. The first-order chi connectivity index (χ1) is 17.9. The summed E-state index contributed by atoms with van der Waals surface area (Å²) >= 11 is 0. The van der Waals surface area contributed by atoms with Crippen molar-refractivity contribution in [2.24, 2.45) is 0 Å². The van der Waals surface area contributed by atoms with Crippen LogP contribution in [0.4, 0.5) is 4.79 Å². The number of alkyl carbamates (subject to hydrolysis) is 1. The maximum absolute atomic E-state index is 13.0. The van der Waals surface area contributed by atoms with Gasteiger partial charge in [-0.25, -0.2) is 4.79 Å². The van der Waals surface area contributed by atoms with Gasteiger partial charge in [0.05, 0.1) is 19.1 Å². The van der Waals surface area contributed by atoms with E-state index in [-0.39, 0.29) is 43.9 Å². The molecule has 0 spiro atoms. The Labute approximate surface area is 218 Å². The van der Waals surface area contributed by atoms with Gasteiger partial charge in [-0.1, -0.05) is 60.7 Å². The predicted molar refractivity (Wildman–Crippen MR) is 139 cm³/mol. The topological polar surface area (TPSA) is 123 Å². The Morgan fingerprint density at radius 1 is 0.838 bits per heavy atom. The number of carbonyl (C=O) groups excluding carboxylic acids is 4. The van der Waals surface area contributed by atoms with Crippen molar-refractivity contribution in [3.05, 3.63) is 71.8 Å². The lowest BCUT2D eigenvalue weighted by molar-refractivity contribution is -0.144. The molecule has 3 N–H and O–H groups in total. The Hall–Kier alpha value is -3.88. The number of ether oxygens (including phenoxy) is 2. The number of unbranched alkanes of at least 4 members (excludes halogenated alkanes) is 1. The fourth-order valence-electron chi connectivity index (χ4n) is 3.55. The molecule has 9 nitrogen and oxygen atoms in total. The molecule has 2 unspecified atom stereocenters. The van der Waals surface area contributed by atoms with E-state index in [0.717, 1.165) is 11.1 Å². The quantitative estimate of drug-likeness (QED) is 0.247. The average Bonchev–Trinajstić information content (AvgIpc) is 2.91. The molecule has 0 bridgehead atoms. The third-order valence-corrected chi connectivity index (χ3v) is 5.58. The highest BCUT2D eigenvalue weighted by atomic mass is 16.5. The second-order valence-electron chi connectivity index (χ2n) is 8.55. The Morgan fingerprint density at radius 3 is 2.19 bits per heavy atom. The number of carbonyl (C=O) groups is 4. The van der Waals surface area contributed by atoms with Gasteiger partial charge < -0.3 is 25.4 Å². The molecule has 2 aromatic carbocycles. The zero-order valence-electron chi connectivity index (χ0n) is 21.5. The normalized spacial score (nSPS) is 12.1. The van der Waals surface area contributed by atoms with Gasteiger partial charge in [0.25, 0.3) is 0 Å². The van der Waals surface area contributed by atoms with Gasteiger partial charge in [-0.2, -0.15) is 0 Å². The first-order valence-electron chi connectivity index (χ1n) is 12.6. The van der Waals surface area contributed by atoms with Crippen LogP contribution in [0.5, 0.6) is 0 Å². The van der Waals surface area contributed by atoms with Crippen LogP contribution >= 0.6 is 0 Å². The summed E-state index contributed by atoms with van der Waals surface area (Å²) in [4.78, 5) is 48.7. The number of rotatable bonds is 15. The zero-order chi connectivity index (χ0) is 26.9. The maximum atomic E-state index is 13.0. The van der Waals surface area contributed by atoms with Crippen LogP contribution in [0.3, 0.4) is 0 Å². The molecule has 0 aliphatic carbocycles. The minimum atomic E-state index is -0.797. The van der Waals surface area contributed by atoms with Crippen molar-refractivity contribution in [1.29, 1.82) is 0 Å². The minimum absolute atomic E-state index is 0.0382. The number of hydrogen-bond donors (Lipinski definition) is 3. The molecule has 2 rings (SSSR count). The SMILES string of the molecule is CCOC(=O)CCC(=O)NCCCCC(NC(=O)OCc1ccccc1)C(=O)NC(C)c1ccccc1. The standard InChI is InChI=1S/C28H37N3O6/c1-3-36-26(33)18-17-25(32)29-19-11-10-16-24(27(34)30-21(2)23-14-8-5-9-15-23)31-28(35)37-20-22-12-6-4-7-13-22/h4-9,12-15,21,24H,3,10-11,16-20H2,1-2H3,(H,29,32)(H,30,34)(H,31,35). The van der Waals surface area contributed by atoms with E-state index >= 15 is 0 Å². The van der Waals surface area contributed by atoms with E-state index in [0.29, 0.717) is 25.8 Å². The molecule has 0 radical (unpaired) electrons. The molecule has 0 aromatic heterocycles. The number of amides is 3. The first-order valence-corrected chi connectivity index (χ1v) is 12.6. The molecule has 0 heterocycles. The van der Waals surface area contributed by atoms with Crippen molar-refractivity contribution in [3.63, 3.8) is 0 Å². The molecule has 200 valence electrons. The maximum Gasteiger partial charge on any atom is 0.408 e. The van der Waals surface area contributed by atoms with E-state index in [1.807, 2.05) is 67.6 Å². The van der Waals surface area contributed by atoms with Gasteiger partial charge in [0.2, 0.25) is 11.8 Å². The summed E-state index contributed by atoms with van der Waals surface area (Å²) in [5.74, 6) is -0.949. The second kappa shape index (κ2) is 16.7. The summed E-state index contributed by atoms with van der Waals surface area (Å²) in [5.41, 5.74) is 1.79. The van der Waals surface area contributed by atoms with Gasteiger partial charge in [0, 0.05) is 13.0 Å².